The number of amides is 1. The average Bonchev–Trinajstić information content (AvgIpc) is 2.39. The zero-order valence-corrected chi connectivity index (χ0v) is 11.2. The summed E-state index contributed by atoms with van der Waals surface area (Å²) in [7, 11) is 0. The molecule has 0 saturated heterocycles. The van der Waals surface area contributed by atoms with Crippen molar-refractivity contribution >= 4 is 11.9 Å². The number of carbonyl (C=O) groups excluding carboxylic acids is 2. The zero-order valence-electron chi connectivity index (χ0n) is 11.2. The molecule has 19 heavy (non-hydrogen) atoms. The third kappa shape index (κ3) is 5.07. The number of hydrogen-bond donors (Lipinski definition) is 1. The number of rotatable bonds is 6. The first-order valence-electron chi connectivity index (χ1n) is 6.24. The van der Waals surface area contributed by atoms with Crippen LogP contribution in [0.2, 0.25) is 0 Å². The third-order valence-corrected chi connectivity index (χ3v) is 2.52. The Kier molecular flexibility index (Phi) is 5.99. The second-order valence-electron chi connectivity index (χ2n) is 4.24. The standard InChI is InChI=1S/C14H18FNO3/c1-3-4-7-19-13(17)9-16-14(18)11-8-10(2)5-6-12(11)15/h5-6,8H,3-4,7,9H2,1-2H3,(H,16,18). The first-order valence-corrected chi connectivity index (χ1v) is 6.24. The van der Waals surface area contributed by atoms with E-state index < -0.39 is 17.7 Å². The van der Waals surface area contributed by atoms with E-state index in [4.69, 9.17) is 4.74 Å². The van der Waals surface area contributed by atoms with E-state index in [9.17, 15) is 14.0 Å². The van der Waals surface area contributed by atoms with Crippen LogP contribution < -0.4 is 5.32 Å². The molecule has 1 aromatic rings. The predicted molar refractivity (Wildman–Crippen MR) is 69.3 cm³/mol. The molecular weight excluding hydrogens is 249 g/mol. The maximum atomic E-state index is 13.4. The van der Waals surface area contributed by atoms with E-state index in [1.165, 1.54) is 12.1 Å². The van der Waals surface area contributed by atoms with E-state index in [2.05, 4.69) is 5.32 Å². The summed E-state index contributed by atoms with van der Waals surface area (Å²) in [4.78, 5) is 23.0. The first-order chi connectivity index (χ1) is 9.04. The van der Waals surface area contributed by atoms with Crippen molar-refractivity contribution < 1.29 is 18.7 Å². The fourth-order valence-electron chi connectivity index (χ4n) is 1.44. The fraction of sp³-hybridized carbons (Fsp3) is 0.429. The molecule has 0 unspecified atom stereocenters. The number of aryl methyl sites for hydroxylation is 1. The Bertz CT molecular complexity index is 460. The van der Waals surface area contributed by atoms with Crippen LogP contribution in [-0.2, 0) is 9.53 Å². The van der Waals surface area contributed by atoms with Gasteiger partial charge in [-0.15, -0.1) is 0 Å². The van der Waals surface area contributed by atoms with E-state index in [-0.39, 0.29) is 12.1 Å². The van der Waals surface area contributed by atoms with Gasteiger partial charge >= 0.3 is 5.97 Å². The van der Waals surface area contributed by atoms with Crippen LogP contribution in [0.1, 0.15) is 35.7 Å². The lowest BCUT2D eigenvalue weighted by Gasteiger charge is -2.07. The van der Waals surface area contributed by atoms with Crippen molar-refractivity contribution in [2.45, 2.75) is 26.7 Å². The number of nitrogens with one attached hydrogen (secondary N) is 1. The summed E-state index contributed by atoms with van der Waals surface area (Å²) in [6, 6.07) is 4.24. The summed E-state index contributed by atoms with van der Waals surface area (Å²) in [5, 5.41) is 2.34. The Morgan fingerprint density at radius 2 is 2.11 bits per heavy atom. The fourth-order valence-corrected chi connectivity index (χ4v) is 1.44. The highest BCUT2D eigenvalue weighted by molar-refractivity contribution is 5.96. The molecule has 104 valence electrons. The van der Waals surface area contributed by atoms with Crippen molar-refractivity contribution in [3.05, 3.63) is 35.1 Å². The van der Waals surface area contributed by atoms with Crippen molar-refractivity contribution in [2.24, 2.45) is 0 Å². The molecule has 1 amide bonds. The van der Waals surface area contributed by atoms with E-state index in [1.807, 2.05) is 6.92 Å². The Labute approximate surface area is 112 Å². The molecule has 4 nitrogen and oxygen atoms in total. The molecule has 5 heteroatoms. The van der Waals surface area contributed by atoms with Gasteiger partial charge in [-0.25, -0.2) is 4.39 Å². The van der Waals surface area contributed by atoms with Crippen molar-refractivity contribution in [3.63, 3.8) is 0 Å². The molecule has 0 fully saturated rings. The van der Waals surface area contributed by atoms with Gasteiger partial charge in [-0.2, -0.15) is 0 Å². The first kappa shape index (κ1) is 15.1. The van der Waals surface area contributed by atoms with Crippen LogP contribution in [0, 0.1) is 12.7 Å². The van der Waals surface area contributed by atoms with Crippen LogP contribution >= 0.6 is 0 Å². The molecule has 1 aromatic carbocycles. The summed E-state index contributed by atoms with van der Waals surface area (Å²) in [6.07, 6.45) is 1.71. The molecule has 0 radical (unpaired) electrons. The van der Waals surface area contributed by atoms with E-state index in [0.29, 0.717) is 6.61 Å². The van der Waals surface area contributed by atoms with E-state index >= 15 is 0 Å². The third-order valence-electron chi connectivity index (χ3n) is 2.52. The average molecular weight is 267 g/mol. The van der Waals surface area contributed by atoms with Crippen molar-refractivity contribution in [3.8, 4) is 0 Å². The van der Waals surface area contributed by atoms with Crippen LogP contribution in [0.5, 0.6) is 0 Å². The van der Waals surface area contributed by atoms with Gasteiger partial charge < -0.3 is 10.1 Å². The van der Waals surface area contributed by atoms with Crippen molar-refractivity contribution in [2.75, 3.05) is 13.2 Å². The Hall–Kier alpha value is -1.91. The molecule has 0 aliphatic carbocycles. The maximum Gasteiger partial charge on any atom is 0.325 e. The highest BCUT2D eigenvalue weighted by Gasteiger charge is 2.13. The monoisotopic (exact) mass is 267 g/mol. The number of hydrogen-bond acceptors (Lipinski definition) is 3. The minimum atomic E-state index is -0.617. The Morgan fingerprint density at radius 3 is 2.79 bits per heavy atom. The molecule has 0 spiro atoms. The number of esters is 1. The van der Waals surface area contributed by atoms with Crippen LogP contribution in [0.3, 0.4) is 0 Å². The highest BCUT2D eigenvalue weighted by Crippen LogP contribution is 2.09. The number of unbranched alkanes of at least 4 members (excludes halogenated alkanes) is 1. The van der Waals surface area contributed by atoms with Gasteiger partial charge in [-0.3, -0.25) is 9.59 Å². The van der Waals surface area contributed by atoms with Crippen LogP contribution in [0.4, 0.5) is 4.39 Å². The SMILES string of the molecule is CCCCOC(=O)CNC(=O)c1cc(C)ccc1F. The van der Waals surface area contributed by atoms with Gasteiger partial charge in [-0.05, 0) is 25.5 Å². The second-order valence-corrected chi connectivity index (χ2v) is 4.24. The van der Waals surface area contributed by atoms with E-state index in [0.717, 1.165) is 18.4 Å². The Morgan fingerprint density at radius 1 is 1.37 bits per heavy atom. The maximum absolute atomic E-state index is 13.4. The van der Waals surface area contributed by atoms with Gasteiger partial charge in [0.1, 0.15) is 12.4 Å². The molecule has 1 rings (SSSR count). The van der Waals surface area contributed by atoms with E-state index in [1.54, 1.807) is 13.0 Å². The topological polar surface area (TPSA) is 55.4 Å². The summed E-state index contributed by atoms with van der Waals surface area (Å²) in [5.41, 5.74) is 0.707. The number of halogens is 1. The lowest BCUT2D eigenvalue weighted by molar-refractivity contribution is -0.142. The summed E-state index contributed by atoms with van der Waals surface area (Å²) < 4.78 is 18.3. The predicted octanol–water partition coefficient (Wildman–Crippen LogP) is 2.21. The summed E-state index contributed by atoms with van der Waals surface area (Å²) in [6.45, 7) is 3.82. The largest absolute Gasteiger partial charge is 0.464 e. The minimum absolute atomic E-state index is 0.0682. The second kappa shape index (κ2) is 7.51. The molecular formula is C14H18FNO3. The summed E-state index contributed by atoms with van der Waals surface area (Å²) >= 11 is 0. The molecule has 1 N–H and O–H groups in total. The number of carbonyl (C=O) groups is 2. The highest BCUT2D eigenvalue weighted by atomic mass is 19.1. The van der Waals surface area contributed by atoms with Crippen molar-refractivity contribution in [1.29, 1.82) is 0 Å². The molecule has 0 aliphatic rings. The van der Waals surface area contributed by atoms with Gasteiger partial charge in [0.05, 0.1) is 12.2 Å². The van der Waals surface area contributed by atoms with Crippen molar-refractivity contribution in [1.82, 2.24) is 5.32 Å². The quantitative estimate of drug-likeness (QED) is 0.635. The molecule has 0 aromatic heterocycles. The lowest BCUT2D eigenvalue weighted by atomic mass is 10.1. The van der Waals surface area contributed by atoms with Crippen LogP contribution in [0.15, 0.2) is 18.2 Å². The number of ether oxygens (including phenoxy) is 1. The number of benzene rings is 1. The summed E-state index contributed by atoms with van der Waals surface area (Å²) in [5.74, 6) is -1.74. The lowest BCUT2D eigenvalue weighted by Crippen LogP contribution is -2.31. The van der Waals surface area contributed by atoms with Gasteiger partial charge in [0.25, 0.3) is 5.91 Å². The van der Waals surface area contributed by atoms with Gasteiger partial charge in [0.15, 0.2) is 0 Å². The van der Waals surface area contributed by atoms with Gasteiger partial charge in [0.2, 0.25) is 0 Å². The molecule has 0 aliphatic heterocycles. The zero-order chi connectivity index (χ0) is 14.3. The normalized spacial score (nSPS) is 10.1. The Balaban J connectivity index is 2.47. The van der Waals surface area contributed by atoms with Crippen LogP contribution in [0.25, 0.3) is 0 Å². The molecule has 0 bridgehead atoms. The minimum Gasteiger partial charge on any atom is -0.464 e. The van der Waals surface area contributed by atoms with Gasteiger partial charge in [0, 0.05) is 0 Å². The molecule has 0 heterocycles. The van der Waals surface area contributed by atoms with Gasteiger partial charge in [-0.1, -0.05) is 25.0 Å². The molecule has 0 saturated carbocycles. The van der Waals surface area contributed by atoms with Crippen LogP contribution in [-0.4, -0.2) is 25.0 Å². The molecule has 0 atom stereocenters. The smallest absolute Gasteiger partial charge is 0.325 e.